The normalized spacial score (nSPS) is 25.0. The number of nitrogens with zero attached hydrogens (tertiary/aromatic N) is 4. The van der Waals surface area contributed by atoms with Gasteiger partial charge in [0.2, 0.25) is 5.82 Å². The molecule has 2 atom stereocenters. The molecular formula is C19H22FN5O. The Kier molecular flexibility index (Phi) is 3.77. The zero-order valence-corrected chi connectivity index (χ0v) is 14.6. The van der Waals surface area contributed by atoms with Crippen LogP contribution in [0.2, 0.25) is 0 Å². The van der Waals surface area contributed by atoms with Crippen molar-refractivity contribution in [2.24, 2.45) is 17.8 Å². The predicted molar refractivity (Wildman–Crippen MR) is 94.2 cm³/mol. The Hall–Kier alpha value is -2.28. The van der Waals surface area contributed by atoms with E-state index in [0.717, 1.165) is 37.8 Å². The molecule has 3 heterocycles. The number of likely N-dealkylation sites (tertiary alicyclic amines) is 1. The average Bonchev–Trinajstić information content (AvgIpc) is 3.18. The SMILES string of the molecule is O=C(Nc1cccc(F)c1)c1nnc2n1CC1CN(CC3CC3)CC1C2. The summed E-state index contributed by atoms with van der Waals surface area (Å²) in [5.74, 6) is 2.58. The number of aromatic nitrogens is 3. The predicted octanol–water partition coefficient (Wildman–Crippen LogP) is 2.18. The fourth-order valence-electron chi connectivity index (χ4n) is 4.36. The molecule has 1 aromatic heterocycles. The third-order valence-electron chi connectivity index (χ3n) is 5.84. The van der Waals surface area contributed by atoms with Gasteiger partial charge in [-0.1, -0.05) is 6.07 Å². The van der Waals surface area contributed by atoms with Gasteiger partial charge in [-0.25, -0.2) is 4.39 Å². The van der Waals surface area contributed by atoms with Crippen LogP contribution in [0.4, 0.5) is 10.1 Å². The second-order valence-corrected chi connectivity index (χ2v) is 7.90. The van der Waals surface area contributed by atoms with Gasteiger partial charge in [0.15, 0.2) is 0 Å². The highest BCUT2D eigenvalue weighted by Gasteiger charge is 2.40. The molecule has 5 rings (SSSR count). The van der Waals surface area contributed by atoms with Crippen LogP contribution in [-0.4, -0.2) is 45.2 Å². The molecule has 1 saturated carbocycles. The quantitative estimate of drug-likeness (QED) is 0.913. The highest BCUT2D eigenvalue weighted by molar-refractivity contribution is 6.01. The first kappa shape index (κ1) is 15.9. The van der Waals surface area contributed by atoms with Crippen molar-refractivity contribution >= 4 is 11.6 Å². The van der Waals surface area contributed by atoms with Crippen molar-refractivity contribution < 1.29 is 9.18 Å². The first-order valence-corrected chi connectivity index (χ1v) is 9.37. The zero-order chi connectivity index (χ0) is 17.7. The van der Waals surface area contributed by atoms with Crippen molar-refractivity contribution in [3.8, 4) is 0 Å². The van der Waals surface area contributed by atoms with Crippen LogP contribution in [0.3, 0.4) is 0 Å². The van der Waals surface area contributed by atoms with Gasteiger partial charge in [-0.3, -0.25) is 4.79 Å². The van der Waals surface area contributed by atoms with Gasteiger partial charge in [0.25, 0.3) is 5.91 Å². The molecule has 6 nitrogen and oxygen atoms in total. The molecule has 3 aliphatic rings. The molecule has 1 saturated heterocycles. The lowest BCUT2D eigenvalue weighted by molar-refractivity contribution is 0.100. The minimum atomic E-state index is -0.379. The van der Waals surface area contributed by atoms with Gasteiger partial charge in [-0.2, -0.15) is 0 Å². The molecule has 1 aromatic carbocycles. The summed E-state index contributed by atoms with van der Waals surface area (Å²) in [6, 6.07) is 5.88. The lowest BCUT2D eigenvalue weighted by Crippen LogP contribution is -2.31. The molecule has 136 valence electrons. The number of halogens is 1. The van der Waals surface area contributed by atoms with E-state index in [4.69, 9.17) is 0 Å². The van der Waals surface area contributed by atoms with Crippen molar-refractivity contribution in [2.75, 3.05) is 25.0 Å². The Morgan fingerprint density at radius 3 is 2.85 bits per heavy atom. The van der Waals surface area contributed by atoms with Gasteiger partial charge in [0, 0.05) is 38.3 Å². The highest BCUT2D eigenvalue weighted by atomic mass is 19.1. The van der Waals surface area contributed by atoms with E-state index < -0.39 is 0 Å². The molecule has 2 aromatic rings. The van der Waals surface area contributed by atoms with Crippen LogP contribution in [-0.2, 0) is 13.0 Å². The first-order chi connectivity index (χ1) is 12.7. The first-order valence-electron chi connectivity index (χ1n) is 9.37. The molecule has 1 amide bonds. The lowest BCUT2D eigenvalue weighted by atomic mass is 9.89. The molecule has 0 radical (unpaired) electrons. The highest BCUT2D eigenvalue weighted by Crippen LogP contribution is 2.36. The van der Waals surface area contributed by atoms with Gasteiger partial charge < -0.3 is 14.8 Å². The number of anilines is 1. The monoisotopic (exact) mass is 355 g/mol. The topological polar surface area (TPSA) is 63.1 Å². The van der Waals surface area contributed by atoms with E-state index in [0.29, 0.717) is 23.3 Å². The summed E-state index contributed by atoms with van der Waals surface area (Å²) in [4.78, 5) is 15.2. The summed E-state index contributed by atoms with van der Waals surface area (Å²) in [5, 5.41) is 11.1. The molecule has 7 heteroatoms. The van der Waals surface area contributed by atoms with Gasteiger partial charge in [0.1, 0.15) is 11.6 Å². The van der Waals surface area contributed by atoms with Crippen LogP contribution < -0.4 is 5.32 Å². The van der Waals surface area contributed by atoms with E-state index >= 15 is 0 Å². The smallest absolute Gasteiger partial charge is 0.293 e. The summed E-state index contributed by atoms with van der Waals surface area (Å²) in [6.07, 6.45) is 3.63. The Morgan fingerprint density at radius 2 is 2.04 bits per heavy atom. The second-order valence-electron chi connectivity index (χ2n) is 7.90. The molecule has 2 aliphatic heterocycles. The number of rotatable bonds is 4. The summed E-state index contributed by atoms with van der Waals surface area (Å²) < 4.78 is 15.3. The van der Waals surface area contributed by atoms with Crippen LogP contribution in [0, 0.1) is 23.6 Å². The van der Waals surface area contributed by atoms with Crippen LogP contribution in [0.15, 0.2) is 24.3 Å². The lowest BCUT2D eigenvalue weighted by Gasteiger charge is -2.25. The number of benzene rings is 1. The van der Waals surface area contributed by atoms with E-state index in [1.807, 2.05) is 4.57 Å². The maximum absolute atomic E-state index is 13.3. The molecule has 0 bridgehead atoms. The van der Waals surface area contributed by atoms with Crippen LogP contribution in [0.1, 0.15) is 29.3 Å². The number of carbonyl (C=O) groups excluding carboxylic acids is 1. The molecule has 0 spiro atoms. The summed E-state index contributed by atoms with van der Waals surface area (Å²) >= 11 is 0. The fraction of sp³-hybridized carbons (Fsp3) is 0.526. The summed E-state index contributed by atoms with van der Waals surface area (Å²) in [6.45, 7) is 4.25. The van der Waals surface area contributed by atoms with Crippen molar-refractivity contribution in [1.82, 2.24) is 19.7 Å². The van der Waals surface area contributed by atoms with Crippen LogP contribution in [0.25, 0.3) is 0 Å². The number of hydrogen-bond acceptors (Lipinski definition) is 4. The number of nitrogens with one attached hydrogen (secondary N) is 1. The van der Waals surface area contributed by atoms with Crippen LogP contribution in [0.5, 0.6) is 0 Å². The average molecular weight is 355 g/mol. The Bertz CT molecular complexity index is 846. The second kappa shape index (κ2) is 6.16. The fourth-order valence-corrected chi connectivity index (χ4v) is 4.36. The van der Waals surface area contributed by atoms with Crippen molar-refractivity contribution in [3.05, 3.63) is 41.7 Å². The number of amides is 1. The summed E-state index contributed by atoms with van der Waals surface area (Å²) in [7, 11) is 0. The van der Waals surface area contributed by atoms with Gasteiger partial charge in [-0.15, -0.1) is 10.2 Å². The standard InChI is InChI=1S/C19H22FN5O/c20-15-2-1-3-16(7-15)21-19(26)18-23-22-17-6-13-9-24(8-12-4-5-12)10-14(13)11-25(17)18/h1-3,7,12-14H,4-6,8-11H2,(H,21,26). The van der Waals surface area contributed by atoms with E-state index in [1.165, 1.54) is 31.5 Å². The van der Waals surface area contributed by atoms with E-state index in [9.17, 15) is 9.18 Å². The van der Waals surface area contributed by atoms with Gasteiger partial charge in [0.05, 0.1) is 0 Å². The van der Waals surface area contributed by atoms with Gasteiger partial charge >= 0.3 is 0 Å². The van der Waals surface area contributed by atoms with Crippen molar-refractivity contribution in [1.29, 1.82) is 0 Å². The van der Waals surface area contributed by atoms with E-state index in [1.54, 1.807) is 12.1 Å². The largest absolute Gasteiger partial charge is 0.319 e. The molecule has 1 N–H and O–H groups in total. The summed E-state index contributed by atoms with van der Waals surface area (Å²) in [5.41, 5.74) is 0.428. The molecule has 26 heavy (non-hydrogen) atoms. The zero-order valence-electron chi connectivity index (χ0n) is 14.6. The number of fused-ring (bicyclic) bond motifs is 2. The molecule has 1 aliphatic carbocycles. The maximum Gasteiger partial charge on any atom is 0.293 e. The number of hydrogen-bond donors (Lipinski definition) is 1. The molecule has 2 fully saturated rings. The van der Waals surface area contributed by atoms with Crippen molar-refractivity contribution in [2.45, 2.75) is 25.8 Å². The van der Waals surface area contributed by atoms with Crippen LogP contribution >= 0.6 is 0 Å². The Morgan fingerprint density at radius 1 is 1.19 bits per heavy atom. The Balaban J connectivity index is 1.31. The minimum absolute atomic E-state index is 0.323. The van der Waals surface area contributed by atoms with Crippen molar-refractivity contribution in [3.63, 3.8) is 0 Å². The van der Waals surface area contributed by atoms with Gasteiger partial charge in [-0.05, 0) is 48.8 Å². The van der Waals surface area contributed by atoms with E-state index in [-0.39, 0.29) is 11.7 Å². The molecular weight excluding hydrogens is 333 g/mol. The maximum atomic E-state index is 13.3. The third-order valence-corrected chi connectivity index (χ3v) is 5.84. The number of carbonyl (C=O) groups is 1. The minimum Gasteiger partial charge on any atom is -0.319 e. The Labute approximate surface area is 151 Å². The third kappa shape index (κ3) is 3.00. The van der Waals surface area contributed by atoms with E-state index in [2.05, 4.69) is 20.4 Å². The molecule has 2 unspecified atom stereocenters.